The minimum atomic E-state index is -1.04. The van der Waals surface area contributed by atoms with Gasteiger partial charge in [-0.05, 0) is 13.8 Å². The van der Waals surface area contributed by atoms with Gasteiger partial charge in [-0.25, -0.2) is 27.8 Å². The highest BCUT2D eigenvalue weighted by Gasteiger charge is 2.42. The fraction of sp³-hybridized carbons (Fsp3) is 0.286. The van der Waals surface area contributed by atoms with E-state index in [4.69, 9.17) is 4.74 Å². The highest BCUT2D eigenvalue weighted by molar-refractivity contribution is 7.14. The predicted octanol–water partition coefficient (Wildman–Crippen LogP) is 3.96. The average molecular weight is 328 g/mol. The van der Waals surface area contributed by atoms with Gasteiger partial charge in [0.15, 0.2) is 5.13 Å². The zero-order valence-corrected chi connectivity index (χ0v) is 12.5. The summed E-state index contributed by atoms with van der Waals surface area (Å²) in [5, 5.41) is 1.68. The van der Waals surface area contributed by atoms with E-state index in [-0.39, 0.29) is 17.4 Å². The van der Waals surface area contributed by atoms with Gasteiger partial charge in [-0.3, -0.25) is 0 Å². The smallest absolute Gasteiger partial charge is 0.416 e. The van der Waals surface area contributed by atoms with Gasteiger partial charge >= 0.3 is 6.09 Å². The number of nitrogens with zero attached hydrogens (tertiary/aromatic N) is 2. The standard InChI is InChI=1S/C14H11F3N2O2S/c1-14(2)6-21-13(20)19(14)12-18-10(5-22-12)11-8(16)3-7(15)4-9(11)17/h3-5H,6H2,1-2H3. The number of thiazole rings is 1. The topological polar surface area (TPSA) is 42.4 Å². The van der Waals surface area contributed by atoms with Crippen molar-refractivity contribution in [2.75, 3.05) is 11.5 Å². The lowest BCUT2D eigenvalue weighted by Crippen LogP contribution is -2.42. The molecule has 1 aliphatic heterocycles. The lowest BCUT2D eigenvalue weighted by Gasteiger charge is -2.24. The number of cyclic esters (lactones) is 1. The molecule has 1 aromatic heterocycles. The predicted molar refractivity (Wildman–Crippen MR) is 75.3 cm³/mol. The van der Waals surface area contributed by atoms with Crippen LogP contribution >= 0.6 is 11.3 Å². The first kappa shape index (κ1) is 14.8. The Morgan fingerprint density at radius 1 is 1.27 bits per heavy atom. The molecular weight excluding hydrogens is 317 g/mol. The van der Waals surface area contributed by atoms with E-state index in [0.717, 1.165) is 11.3 Å². The maximum Gasteiger partial charge on any atom is 0.416 e. The average Bonchev–Trinajstić information content (AvgIpc) is 2.93. The van der Waals surface area contributed by atoms with Crippen molar-refractivity contribution in [2.24, 2.45) is 0 Å². The summed E-state index contributed by atoms with van der Waals surface area (Å²) in [6, 6.07) is 1.18. The molecule has 4 nitrogen and oxygen atoms in total. The van der Waals surface area contributed by atoms with E-state index in [0.29, 0.717) is 12.1 Å². The Morgan fingerprint density at radius 2 is 1.91 bits per heavy atom. The highest BCUT2D eigenvalue weighted by Crippen LogP contribution is 2.36. The monoisotopic (exact) mass is 328 g/mol. The van der Waals surface area contributed by atoms with Crippen LogP contribution in [0.4, 0.5) is 23.1 Å². The number of aromatic nitrogens is 1. The Labute approximate surface area is 128 Å². The van der Waals surface area contributed by atoms with Crippen LogP contribution in [0.5, 0.6) is 0 Å². The number of ether oxygens (including phenoxy) is 1. The molecule has 1 amide bonds. The molecule has 0 aliphatic carbocycles. The van der Waals surface area contributed by atoms with E-state index in [1.807, 2.05) is 0 Å². The van der Waals surface area contributed by atoms with Crippen LogP contribution in [0.3, 0.4) is 0 Å². The largest absolute Gasteiger partial charge is 0.447 e. The summed E-state index contributed by atoms with van der Waals surface area (Å²) in [7, 11) is 0. The molecular formula is C14H11F3N2O2S. The first-order valence-electron chi connectivity index (χ1n) is 6.37. The Bertz CT molecular complexity index is 737. The maximum atomic E-state index is 13.8. The van der Waals surface area contributed by atoms with Crippen molar-refractivity contribution in [3.63, 3.8) is 0 Å². The molecule has 0 N–H and O–H groups in total. The summed E-state index contributed by atoms with van der Waals surface area (Å²) in [5.74, 6) is -3.09. The van der Waals surface area contributed by atoms with Crippen molar-refractivity contribution in [2.45, 2.75) is 19.4 Å². The number of carbonyl (C=O) groups is 1. The second kappa shape index (κ2) is 4.98. The number of hydrogen-bond donors (Lipinski definition) is 0. The van der Waals surface area contributed by atoms with Gasteiger partial charge in [0.05, 0.1) is 16.8 Å². The number of amides is 1. The van der Waals surface area contributed by atoms with Crippen LogP contribution in [0, 0.1) is 17.5 Å². The van der Waals surface area contributed by atoms with E-state index in [1.54, 1.807) is 13.8 Å². The van der Waals surface area contributed by atoms with Gasteiger partial charge in [0, 0.05) is 17.5 Å². The number of halogens is 3. The molecule has 0 saturated carbocycles. The van der Waals surface area contributed by atoms with Crippen LogP contribution in [0.2, 0.25) is 0 Å². The third-order valence-corrected chi connectivity index (χ3v) is 4.11. The molecule has 0 unspecified atom stereocenters. The molecule has 1 aliphatic rings. The van der Waals surface area contributed by atoms with Crippen LogP contribution in [0.25, 0.3) is 11.3 Å². The highest BCUT2D eigenvalue weighted by atomic mass is 32.1. The molecule has 2 aromatic rings. The van der Waals surface area contributed by atoms with E-state index in [2.05, 4.69) is 4.98 Å². The maximum absolute atomic E-state index is 13.8. The van der Waals surface area contributed by atoms with Gasteiger partial charge in [0.2, 0.25) is 0 Å². The normalized spacial score (nSPS) is 17.0. The SMILES string of the molecule is CC1(C)COC(=O)N1c1nc(-c2c(F)cc(F)cc2F)cs1. The van der Waals surface area contributed by atoms with E-state index in [1.165, 1.54) is 10.3 Å². The molecule has 0 spiro atoms. The van der Waals surface area contributed by atoms with E-state index in [9.17, 15) is 18.0 Å². The number of carbonyl (C=O) groups excluding carboxylic acids is 1. The molecule has 116 valence electrons. The third-order valence-electron chi connectivity index (χ3n) is 3.28. The van der Waals surface area contributed by atoms with Gasteiger partial charge in [0.25, 0.3) is 0 Å². The quantitative estimate of drug-likeness (QED) is 0.838. The molecule has 1 fully saturated rings. The summed E-state index contributed by atoms with van der Waals surface area (Å²) in [6.45, 7) is 3.77. The van der Waals surface area contributed by atoms with Gasteiger partial charge in [-0.1, -0.05) is 0 Å². The van der Waals surface area contributed by atoms with E-state index < -0.39 is 34.6 Å². The summed E-state index contributed by atoms with van der Waals surface area (Å²) in [4.78, 5) is 17.2. The summed E-state index contributed by atoms with van der Waals surface area (Å²) >= 11 is 1.06. The Hall–Kier alpha value is -2.09. The van der Waals surface area contributed by atoms with Crippen molar-refractivity contribution in [3.8, 4) is 11.3 Å². The van der Waals surface area contributed by atoms with Crippen LogP contribution in [0.15, 0.2) is 17.5 Å². The molecule has 22 heavy (non-hydrogen) atoms. The lowest BCUT2D eigenvalue weighted by atomic mass is 10.1. The molecule has 0 radical (unpaired) electrons. The van der Waals surface area contributed by atoms with Crippen molar-refractivity contribution in [1.82, 2.24) is 4.98 Å². The van der Waals surface area contributed by atoms with E-state index >= 15 is 0 Å². The number of anilines is 1. The zero-order chi connectivity index (χ0) is 16.1. The van der Waals surface area contributed by atoms with Gasteiger partial charge in [-0.15, -0.1) is 11.3 Å². The Balaban J connectivity index is 2.04. The van der Waals surface area contributed by atoms with Crippen LogP contribution in [-0.4, -0.2) is 23.2 Å². The third kappa shape index (κ3) is 2.33. The van der Waals surface area contributed by atoms with Gasteiger partial charge < -0.3 is 4.74 Å². The summed E-state index contributed by atoms with van der Waals surface area (Å²) < 4.78 is 45.5. The van der Waals surface area contributed by atoms with Crippen molar-refractivity contribution in [1.29, 1.82) is 0 Å². The first-order valence-corrected chi connectivity index (χ1v) is 7.25. The number of hydrogen-bond acceptors (Lipinski definition) is 4. The van der Waals surface area contributed by atoms with Crippen LogP contribution in [0.1, 0.15) is 13.8 Å². The fourth-order valence-corrected chi connectivity index (χ4v) is 3.19. The number of benzene rings is 1. The van der Waals surface area contributed by atoms with Crippen molar-refractivity contribution >= 4 is 22.6 Å². The molecule has 1 aromatic carbocycles. The Morgan fingerprint density at radius 3 is 2.45 bits per heavy atom. The molecule has 2 heterocycles. The fourth-order valence-electron chi connectivity index (χ4n) is 2.22. The molecule has 3 rings (SSSR count). The van der Waals surface area contributed by atoms with Crippen molar-refractivity contribution in [3.05, 3.63) is 35.0 Å². The molecule has 1 saturated heterocycles. The second-order valence-corrected chi connectivity index (χ2v) is 6.30. The Kier molecular flexibility index (Phi) is 3.36. The first-order chi connectivity index (χ1) is 10.3. The van der Waals surface area contributed by atoms with Crippen LogP contribution < -0.4 is 4.90 Å². The lowest BCUT2D eigenvalue weighted by molar-refractivity contribution is 0.175. The van der Waals surface area contributed by atoms with Crippen molar-refractivity contribution < 1.29 is 22.7 Å². The minimum Gasteiger partial charge on any atom is -0.447 e. The summed E-state index contributed by atoms with van der Waals surface area (Å²) in [6.07, 6.45) is -0.564. The van der Waals surface area contributed by atoms with Crippen LogP contribution in [-0.2, 0) is 4.74 Å². The number of rotatable bonds is 2. The zero-order valence-electron chi connectivity index (χ0n) is 11.7. The second-order valence-electron chi connectivity index (χ2n) is 5.46. The van der Waals surface area contributed by atoms with Gasteiger partial charge in [0.1, 0.15) is 24.1 Å². The molecule has 0 bridgehead atoms. The minimum absolute atomic E-state index is 0.00509. The summed E-state index contributed by atoms with van der Waals surface area (Å²) in [5.41, 5.74) is -1.02. The molecule has 0 atom stereocenters. The van der Waals surface area contributed by atoms with Gasteiger partial charge in [-0.2, -0.15) is 0 Å². The molecule has 8 heteroatoms.